The molecule has 0 aliphatic carbocycles. The largest absolute Gasteiger partial charge is 0.495 e. The molecule has 1 unspecified atom stereocenters. The van der Waals surface area contributed by atoms with Gasteiger partial charge in [-0.05, 0) is 39.0 Å². The Balaban J connectivity index is 3.22. The molecule has 0 aliphatic rings. The number of sulfonamides is 1. The standard InChI is InChI=1S/C14H20N2O6S/c1-8(2)16-23(20,21)12-7-10(5-6-11(12)22-4)13(17)15-9(3)14(18)19/h5-9,16H,1-4H3,(H,15,17)(H,18,19). The zero-order valence-corrected chi connectivity index (χ0v) is 14.1. The van der Waals surface area contributed by atoms with Gasteiger partial charge in [0.05, 0.1) is 7.11 Å². The SMILES string of the molecule is COc1ccc(C(=O)NC(C)C(=O)O)cc1S(=O)(=O)NC(C)C. The van der Waals surface area contributed by atoms with Crippen molar-refractivity contribution in [2.75, 3.05) is 7.11 Å². The van der Waals surface area contributed by atoms with E-state index in [0.717, 1.165) is 6.07 Å². The number of nitrogens with one attached hydrogen (secondary N) is 2. The highest BCUT2D eigenvalue weighted by atomic mass is 32.2. The average Bonchev–Trinajstić information content (AvgIpc) is 2.44. The fraction of sp³-hybridized carbons (Fsp3) is 0.429. The zero-order valence-electron chi connectivity index (χ0n) is 13.3. The van der Waals surface area contributed by atoms with Crippen molar-refractivity contribution in [2.24, 2.45) is 0 Å². The molecule has 0 spiro atoms. The summed E-state index contributed by atoms with van der Waals surface area (Å²) < 4.78 is 32.0. The van der Waals surface area contributed by atoms with E-state index in [1.165, 1.54) is 26.2 Å². The van der Waals surface area contributed by atoms with Crippen molar-refractivity contribution in [1.82, 2.24) is 10.0 Å². The van der Waals surface area contributed by atoms with Crippen molar-refractivity contribution in [3.63, 3.8) is 0 Å². The van der Waals surface area contributed by atoms with Crippen molar-refractivity contribution in [2.45, 2.75) is 37.8 Å². The van der Waals surface area contributed by atoms with Gasteiger partial charge in [0.1, 0.15) is 16.7 Å². The van der Waals surface area contributed by atoms with Crippen LogP contribution in [0.15, 0.2) is 23.1 Å². The highest BCUT2D eigenvalue weighted by Crippen LogP contribution is 2.25. The summed E-state index contributed by atoms with van der Waals surface area (Å²) in [6, 6.07) is 2.41. The van der Waals surface area contributed by atoms with Crippen LogP contribution in [0.25, 0.3) is 0 Å². The maximum absolute atomic E-state index is 12.3. The van der Waals surface area contributed by atoms with E-state index >= 15 is 0 Å². The predicted octanol–water partition coefficient (Wildman–Crippen LogP) is 0.585. The van der Waals surface area contributed by atoms with E-state index in [1.807, 2.05) is 0 Å². The maximum atomic E-state index is 12.3. The second kappa shape index (κ2) is 7.42. The van der Waals surface area contributed by atoms with Gasteiger partial charge in [-0.25, -0.2) is 13.1 Å². The van der Waals surface area contributed by atoms with Crippen LogP contribution in [0.4, 0.5) is 0 Å². The van der Waals surface area contributed by atoms with Gasteiger partial charge >= 0.3 is 5.97 Å². The van der Waals surface area contributed by atoms with Crippen molar-refractivity contribution in [3.05, 3.63) is 23.8 Å². The Morgan fingerprint density at radius 1 is 1.22 bits per heavy atom. The summed E-state index contributed by atoms with van der Waals surface area (Å²) in [6.07, 6.45) is 0. The third kappa shape index (κ3) is 4.93. The van der Waals surface area contributed by atoms with Crippen LogP contribution < -0.4 is 14.8 Å². The van der Waals surface area contributed by atoms with E-state index in [1.54, 1.807) is 13.8 Å². The monoisotopic (exact) mass is 344 g/mol. The lowest BCUT2D eigenvalue weighted by atomic mass is 10.2. The summed E-state index contributed by atoms with van der Waals surface area (Å²) in [4.78, 5) is 22.6. The normalized spacial score (nSPS) is 12.7. The summed E-state index contributed by atoms with van der Waals surface area (Å²) in [5, 5.41) is 11.1. The number of ether oxygens (including phenoxy) is 1. The molecular weight excluding hydrogens is 324 g/mol. The van der Waals surface area contributed by atoms with E-state index in [2.05, 4.69) is 10.0 Å². The van der Waals surface area contributed by atoms with Crippen molar-refractivity contribution < 1.29 is 27.9 Å². The number of aliphatic carboxylic acids is 1. The van der Waals surface area contributed by atoms with Gasteiger partial charge in [-0.3, -0.25) is 9.59 Å². The number of carboxylic acid groups (broad SMARTS) is 1. The average molecular weight is 344 g/mol. The van der Waals surface area contributed by atoms with E-state index in [-0.39, 0.29) is 22.3 Å². The van der Waals surface area contributed by atoms with Crippen molar-refractivity contribution in [3.8, 4) is 5.75 Å². The van der Waals surface area contributed by atoms with Gasteiger partial charge in [0.15, 0.2) is 0 Å². The number of carbonyl (C=O) groups is 2. The molecule has 0 fully saturated rings. The lowest BCUT2D eigenvalue weighted by Crippen LogP contribution is -2.38. The topological polar surface area (TPSA) is 122 Å². The molecule has 0 saturated heterocycles. The molecule has 0 bridgehead atoms. The molecule has 0 saturated carbocycles. The molecule has 1 amide bonds. The summed E-state index contributed by atoms with van der Waals surface area (Å²) in [5.41, 5.74) is 0.0167. The van der Waals surface area contributed by atoms with Gasteiger partial charge < -0.3 is 15.2 Å². The molecule has 0 aliphatic heterocycles. The first-order valence-electron chi connectivity index (χ1n) is 6.82. The molecule has 0 heterocycles. The molecule has 23 heavy (non-hydrogen) atoms. The molecule has 128 valence electrons. The van der Waals surface area contributed by atoms with Crippen LogP contribution in [0.1, 0.15) is 31.1 Å². The Bertz CT molecular complexity index is 699. The summed E-state index contributed by atoms with van der Waals surface area (Å²) in [5.74, 6) is -1.80. The van der Waals surface area contributed by atoms with Crippen LogP contribution >= 0.6 is 0 Å². The number of hydrogen-bond donors (Lipinski definition) is 3. The lowest BCUT2D eigenvalue weighted by molar-refractivity contribution is -0.138. The van der Waals surface area contributed by atoms with Gasteiger partial charge in [-0.2, -0.15) is 0 Å². The van der Waals surface area contributed by atoms with Crippen molar-refractivity contribution in [1.29, 1.82) is 0 Å². The zero-order chi connectivity index (χ0) is 17.8. The molecule has 1 aromatic carbocycles. The van der Waals surface area contributed by atoms with Crippen LogP contribution in [-0.4, -0.2) is 44.6 Å². The van der Waals surface area contributed by atoms with Gasteiger partial charge in [0, 0.05) is 11.6 Å². The first-order valence-corrected chi connectivity index (χ1v) is 8.31. The third-order valence-corrected chi connectivity index (χ3v) is 4.50. The second-order valence-corrected chi connectivity index (χ2v) is 6.86. The minimum Gasteiger partial charge on any atom is -0.495 e. The van der Waals surface area contributed by atoms with Crippen LogP contribution in [0.5, 0.6) is 5.75 Å². The molecule has 1 atom stereocenters. The lowest BCUT2D eigenvalue weighted by Gasteiger charge is -2.15. The Morgan fingerprint density at radius 2 is 1.83 bits per heavy atom. The summed E-state index contributed by atoms with van der Waals surface area (Å²) >= 11 is 0. The fourth-order valence-corrected chi connectivity index (χ4v) is 3.19. The van der Waals surface area contributed by atoms with Crippen LogP contribution in [0, 0.1) is 0 Å². The van der Waals surface area contributed by atoms with E-state index in [9.17, 15) is 18.0 Å². The molecule has 9 heteroatoms. The first kappa shape index (κ1) is 18.9. The number of amides is 1. The number of rotatable bonds is 7. The molecule has 1 rings (SSSR count). The summed E-state index contributed by atoms with van der Waals surface area (Å²) in [6.45, 7) is 4.63. The Hall–Kier alpha value is -2.13. The fourth-order valence-electron chi connectivity index (χ4n) is 1.74. The highest BCUT2D eigenvalue weighted by molar-refractivity contribution is 7.89. The van der Waals surface area contributed by atoms with E-state index in [4.69, 9.17) is 9.84 Å². The van der Waals surface area contributed by atoms with Crippen LogP contribution in [-0.2, 0) is 14.8 Å². The highest BCUT2D eigenvalue weighted by Gasteiger charge is 2.23. The maximum Gasteiger partial charge on any atom is 0.325 e. The number of methoxy groups -OCH3 is 1. The van der Waals surface area contributed by atoms with Gasteiger partial charge in [-0.15, -0.1) is 0 Å². The van der Waals surface area contributed by atoms with Gasteiger partial charge in [0.25, 0.3) is 5.91 Å². The van der Waals surface area contributed by atoms with Gasteiger partial charge in [0.2, 0.25) is 10.0 Å². The van der Waals surface area contributed by atoms with E-state index < -0.39 is 27.9 Å². The Morgan fingerprint density at radius 3 is 2.30 bits per heavy atom. The summed E-state index contributed by atoms with van der Waals surface area (Å²) in [7, 11) is -2.56. The molecule has 0 radical (unpaired) electrons. The predicted molar refractivity (Wildman–Crippen MR) is 83.0 cm³/mol. The second-order valence-electron chi connectivity index (χ2n) is 5.18. The molecular formula is C14H20N2O6S. The molecule has 0 aromatic heterocycles. The van der Waals surface area contributed by atoms with Gasteiger partial charge in [-0.1, -0.05) is 0 Å². The van der Waals surface area contributed by atoms with Crippen molar-refractivity contribution >= 4 is 21.9 Å². The Labute approximate surface area is 134 Å². The molecule has 3 N–H and O–H groups in total. The third-order valence-electron chi connectivity index (χ3n) is 2.82. The quantitative estimate of drug-likeness (QED) is 0.665. The van der Waals surface area contributed by atoms with E-state index in [0.29, 0.717) is 0 Å². The molecule has 8 nitrogen and oxygen atoms in total. The minimum atomic E-state index is -3.87. The van der Waals surface area contributed by atoms with Crippen LogP contribution in [0.3, 0.4) is 0 Å². The first-order chi connectivity index (χ1) is 10.6. The number of carbonyl (C=O) groups excluding carboxylic acids is 1. The number of benzene rings is 1. The Kier molecular flexibility index (Phi) is 6.11. The van der Waals surface area contributed by atoms with Crippen LogP contribution in [0.2, 0.25) is 0 Å². The molecule has 1 aromatic rings. The number of hydrogen-bond acceptors (Lipinski definition) is 5. The minimum absolute atomic E-state index is 0.0167. The number of carboxylic acids is 1. The smallest absolute Gasteiger partial charge is 0.325 e.